The molecule has 0 saturated carbocycles. The van der Waals surface area contributed by atoms with E-state index in [-0.39, 0.29) is 0 Å². The molecule has 0 radical (unpaired) electrons. The Morgan fingerprint density at radius 1 is 1.40 bits per heavy atom. The zero-order valence-electron chi connectivity index (χ0n) is 8.95. The number of aryl methyl sites for hydroxylation is 1. The Labute approximate surface area is 88.4 Å². The standard InChI is InChI=1S/C11H14N2O2/c1-11(2,10(14)15)9-7-4-3-5-8(7)12-6-13-9/h6H,3-5H2,1-2H3,(H,14,15). The third-order valence-electron chi connectivity index (χ3n) is 3.00. The van der Waals surface area contributed by atoms with Gasteiger partial charge in [-0.25, -0.2) is 9.97 Å². The van der Waals surface area contributed by atoms with Gasteiger partial charge in [0.05, 0.1) is 5.69 Å². The van der Waals surface area contributed by atoms with Crippen molar-refractivity contribution in [1.82, 2.24) is 9.97 Å². The number of aromatic nitrogens is 2. The Hall–Kier alpha value is -1.45. The number of nitrogens with zero attached hydrogens (tertiary/aromatic N) is 2. The summed E-state index contributed by atoms with van der Waals surface area (Å²) in [5, 5.41) is 9.17. The summed E-state index contributed by atoms with van der Waals surface area (Å²) in [4.78, 5) is 19.5. The van der Waals surface area contributed by atoms with Gasteiger partial charge >= 0.3 is 5.97 Å². The fourth-order valence-electron chi connectivity index (χ4n) is 2.00. The van der Waals surface area contributed by atoms with Gasteiger partial charge < -0.3 is 5.11 Å². The smallest absolute Gasteiger partial charge is 0.315 e. The number of hydrogen-bond acceptors (Lipinski definition) is 3. The molecule has 4 nitrogen and oxygen atoms in total. The lowest BCUT2D eigenvalue weighted by atomic mass is 9.86. The monoisotopic (exact) mass is 206 g/mol. The Morgan fingerprint density at radius 2 is 2.13 bits per heavy atom. The Kier molecular flexibility index (Phi) is 2.21. The Bertz CT molecular complexity index is 413. The van der Waals surface area contributed by atoms with Crippen LogP contribution in [-0.4, -0.2) is 21.0 Å². The van der Waals surface area contributed by atoms with E-state index >= 15 is 0 Å². The summed E-state index contributed by atoms with van der Waals surface area (Å²) in [6.45, 7) is 3.38. The van der Waals surface area contributed by atoms with Crippen LogP contribution in [0.2, 0.25) is 0 Å². The molecule has 80 valence electrons. The van der Waals surface area contributed by atoms with Gasteiger partial charge in [0.1, 0.15) is 11.7 Å². The lowest BCUT2D eigenvalue weighted by Gasteiger charge is -2.20. The number of fused-ring (bicyclic) bond motifs is 1. The molecule has 0 saturated heterocycles. The fraction of sp³-hybridized carbons (Fsp3) is 0.545. The van der Waals surface area contributed by atoms with Gasteiger partial charge in [-0.15, -0.1) is 0 Å². The summed E-state index contributed by atoms with van der Waals surface area (Å²) in [7, 11) is 0. The highest BCUT2D eigenvalue weighted by atomic mass is 16.4. The minimum atomic E-state index is -0.919. The van der Waals surface area contributed by atoms with Crippen molar-refractivity contribution < 1.29 is 9.90 Å². The lowest BCUT2D eigenvalue weighted by Crippen LogP contribution is -2.31. The first-order valence-electron chi connectivity index (χ1n) is 5.10. The van der Waals surface area contributed by atoms with Crippen LogP contribution >= 0.6 is 0 Å². The summed E-state index contributed by atoms with van der Waals surface area (Å²) in [6, 6.07) is 0. The highest BCUT2D eigenvalue weighted by molar-refractivity contribution is 5.80. The second-order valence-corrected chi connectivity index (χ2v) is 4.43. The molecule has 2 rings (SSSR count). The van der Waals surface area contributed by atoms with Crippen molar-refractivity contribution in [2.45, 2.75) is 38.5 Å². The van der Waals surface area contributed by atoms with Gasteiger partial charge in [-0.1, -0.05) is 0 Å². The third-order valence-corrected chi connectivity index (χ3v) is 3.00. The van der Waals surface area contributed by atoms with Crippen LogP contribution in [0.4, 0.5) is 0 Å². The highest BCUT2D eigenvalue weighted by Crippen LogP contribution is 2.30. The van der Waals surface area contributed by atoms with E-state index in [4.69, 9.17) is 5.11 Å². The van der Waals surface area contributed by atoms with Crippen molar-refractivity contribution in [2.75, 3.05) is 0 Å². The third kappa shape index (κ3) is 1.50. The van der Waals surface area contributed by atoms with Crippen LogP contribution in [-0.2, 0) is 23.1 Å². The van der Waals surface area contributed by atoms with Crippen LogP contribution in [0, 0.1) is 0 Å². The molecule has 0 atom stereocenters. The second-order valence-electron chi connectivity index (χ2n) is 4.43. The molecule has 15 heavy (non-hydrogen) atoms. The van der Waals surface area contributed by atoms with Crippen LogP contribution in [0.3, 0.4) is 0 Å². The van der Waals surface area contributed by atoms with Gasteiger partial charge in [-0.2, -0.15) is 0 Å². The van der Waals surface area contributed by atoms with Crippen molar-refractivity contribution in [3.8, 4) is 0 Å². The number of carboxylic acids is 1. The van der Waals surface area contributed by atoms with Gasteiger partial charge in [-0.3, -0.25) is 4.79 Å². The minimum Gasteiger partial charge on any atom is -0.481 e. The molecule has 1 aliphatic carbocycles. The number of hydrogen-bond donors (Lipinski definition) is 1. The second kappa shape index (κ2) is 3.29. The Balaban J connectivity index is 2.54. The Morgan fingerprint density at radius 3 is 2.80 bits per heavy atom. The van der Waals surface area contributed by atoms with E-state index in [1.807, 2.05) is 0 Å². The molecule has 0 fully saturated rings. The van der Waals surface area contributed by atoms with E-state index < -0.39 is 11.4 Å². The topological polar surface area (TPSA) is 63.1 Å². The molecule has 1 aromatic heterocycles. The molecule has 0 spiro atoms. The summed E-state index contributed by atoms with van der Waals surface area (Å²) < 4.78 is 0. The fourth-order valence-corrected chi connectivity index (χ4v) is 2.00. The first kappa shape index (κ1) is 10.1. The van der Waals surface area contributed by atoms with Crippen LogP contribution in [0.25, 0.3) is 0 Å². The molecular weight excluding hydrogens is 192 g/mol. The van der Waals surface area contributed by atoms with Crippen LogP contribution in [0.15, 0.2) is 6.33 Å². The van der Waals surface area contributed by atoms with Gasteiger partial charge in [-0.05, 0) is 38.7 Å². The predicted molar refractivity (Wildman–Crippen MR) is 54.7 cm³/mol. The van der Waals surface area contributed by atoms with Crippen molar-refractivity contribution in [3.63, 3.8) is 0 Å². The summed E-state index contributed by atoms with van der Waals surface area (Å²) in [5.74, 6) is -0.838. The van der Waals surface area contributed by atoms with Crippen molar-refractivity contribution >= 4 is 5.97 Å². The maximum absolute atomic E-state index is 11.2. The predicted octanol–water partition coefficient (Wildman–Crippen LogP) is 1.33. The van der Waals surface area contributed by atoms with E-state index in [0.717, 1.165) is 30.5 Å². The summed E-state index contributed by atoms with van der Waals surface area (Å²) in [5.41, 5.74) is 1.83. The van der Waals surface area contributed by atoms with E-state index in [1.165, 1.54) is 6.33 Å². The van der Waals surface area contributed by atoms with Crippen molar-refractivity contribution in [2.24, 2.45) is 0 Å². The molecular formula is C11H14N2O2. The normalized spacial score (nSPS) is 15.1. The number of carbonyl (C=O) groups is 1. The first-order chi connectivity index (χ1) is 7.03. The maximum Gasteiger partial charge on any atom is 0.315 e. The number of aliphatic carboxylic acids is 1. The minimum absolute atomic E-state index is 0.678. The van der Waals surface area contributed by atoms with Crippen LogP contribution in [0.1, 0.15) is 37.2 Å². The van der Waals surface area contributed by atoms with Gasteiger partial charge in [0.2, 0.25) is 0 Å². The van der Waals surface area contributed by atoms with E-state index in [0.29, 0.717) is 5.69 Å². The molecule has 1 aliphatic rings. The average molecular weight is 206 g/mol. The SMILES string of the molecule is CC(C)(C(=O)O)c1ncnc2c1CCC2. The lowest BCUT2D eigenvalue weighted by molar-refractivity contribution is -0.142. The quantitative estimate of drug-likeness (QED) is 0.792. The van der Waals surface area contributed by atoms with Crippen molar-refractivity contribution in [1.29, 1.82) is 0 Å². The first-order valence-corrected chi connectivity index (χ1v) is 5.10. The van der Waals surface area contributed by atoms with Crippen LogP contribution in [0.5, 0.6) is 0 Å². The highest BCUT2D eigenvalue weighted by Gasteiger charge is 2.35. The van der Waals surface area contributed by atoms with Crippen LogP contribution < -0.4 is 0 Å². The van der Waals surface area contributed by atoms with E-state index in [2.05, 4.69) is 9.97 Å². The van der Waals surface area contributed by atoms with Crippen molar-refractivity contribution in [3.05, 3.63) is 23.3 Å². The molecule has 1 aromatic rings. The molecule has 1 heterocycles. The molecule has 0 aromatic carbocycles. The molecule has 0 amide bonds. The van der Waals surface area contributed by atoms with E-state index in [9.17, 15) is 4.79 Å². The number of carboxylic acid groups (broad SMARTS) is 1. The summed E-state index contributed by atoms with van der Waals surface area (Å²) in [6.07, 6.45) is 4.38. The maximum atomic E-state index is 11.2. The van der Waals surface area contributed by atoms with Gasteiger partial charge in [0.25, 0.3) is 0 Å². The van der Waals surface area contributed by atoms with E-state index in [1.54, 1.807) is 13.8 Å². The van der Waals surface area contributed by atoms with Gasteiger partial charge in [0.15, 0.2) is 0 Å². The molecule has 0 bridgehead atoms. The largest absolute Gasteiger partial charge is 0.481 e. The zero-order valence-corrected chi connectivity index (χ0v) is 8.95. The molecule has 0 aliphatic heterocycles. The summed E-state index contributed by atoms with van der Waals surface area (Å²) >= 11 is 0. The number of rotatable bonds is 2. The van der Waals surface area contributed by atoms with Gasteiger partial charge in [0, 0.05) is 5.69 Å². The zero-order chi connectivity index (χ0) is 11.1. The molecule has 1 N–H and O–H groups in total. The molecule has 4 heteroatoms. The average Bonchev–Trinajstić information content (AvgIpc) is 2.64. The molecule has 0 unspecified atom stereocenters.